The summed E-state index contributed by atoms with van der Waals surface area (Å²) in [6.07, 6.45) is 0. The molecule has 0 aliphatic rings. The van der Waals surface area contributed by atoms with Crippen molar-refractivity contribution in [3.05, 3.63) is 69.5 Å². The molecule has 0 unspecified atom stereocenters. The van der Waals surface area contributed by atoms with E-state index in [0.717, 1.165) is 6.07 Å². The van der Waals surface area contributed by atoms with Gasteiger partial charge in [-0.1, -0.05) is 18.2 Å². The van der Waals surface area contributed by atoms with E-state index in [-0.39, 0.29) is 23.5 Å². The number of hydrogen-bond donors (Lipinski definition) is 2. The number of esters is 1. The van der Waals surface area contributed by atoms with Gasteiger partial charge in [0, 0.05) is 31.8 Å². The van der Waals surface area contributed by atoms with Crippen LogP contribution >= 0.6 is 0 Å². The molecule has 2 aromatic rings. The molecule has 0 aromatic heterocycles. The van der Waals surface area contributed by atoms with Crippen LogP contribution in [0.2, 0.25) is 0 Å². The molecule has 0 fully saturated rings. The molecule has 0 bridgehead atoms. The normalized spacial score (nSPS) is 10.3. The Morgan fingerprint density at radius 2 is 1.97 bits per heavy atom. The highest BCUT2D eigenvalue weighted by molar-refractivity contribution is 5.93. The molecule has 0 spiro atoms. The highest BCUT2D eigenvalue weighted by atomic mass is 19.1. The first-order valence-corrected chi connectivity index (χ1v) is 8.61. The summed E-state index contributed by atoms with van der Waals surface area (Å²) in [7, 11) is 1.50. The summed E-state index contributed by atoms with van der Waals surface area (Å²) < 4.78 is 23.2. The minimum absolute atomic E-state index is 0.0592. The zero-order valence-corrected chi connectivity index (χ0v) is 15.6. The smallest absolute Gasteiger partial charge is 0.338 e. The fourth-order valence-electron chi connectivity index (χ4n) is 2.35. The summed E-state index contributed by atoms with van der Waals surface area (Å²) >= 11 is 0. The van der Waals surface area contributed by atoms with E-state index >= 15 is 0 Å². The molecule has 0 saturated carbocycles. The minimum atomic E-state index is -0.891. The summed E-state index contributed by atoms with van der Waals surface area (Å²) in [6.45, 7) is 0.0392. The van der Waals surface area contributed by atoms with Crippen LogP contribution in [0, 0.1) is 15.9 Å². The molecule has 0 aliphatic heterocycles. The summed E-state index contributed by atoms with van der Waals surface area (Å²) in [4.78, 5) is 34.5. The highest BCUT2D eigenvalue weighted by Crippen LogP contribution is 2.25. The van der Waals surface area contributed by atoms with Gasteiger partial charge in [-0.2, -0.15) is 0 Å². The fourth-order valence-corrected chi connectivity index (χ4v) is 2.35. The van der Waals surface area contributed by atoms with E-state index in [2.05, 4.69) is 10.6 Å². The van der Waals surface area contributed by atoms with Crippen LogP contribution < -0.4 is 10.6 Å². The number of carbonyl (C=O) groups excluding carboxylic acids is 2. The number of methoxy groups -OCH3 is 1. The summed E-state index contributed by atoms with van der Waals surface area (Å²) in [5.41, 5.74) is 0.140. The number of nitro benzene ring substituents is 1. The Hall–Kier alpha value is -3.53. The van der Waals surface area contributed by atoms with Gasteiger partial charge in [-0.15, -0.1) is 0 Å². The van der Waals surface area contributed by atoms with Gasteiger partial charge < -0.3 is 20.1 Å². The second kappa shape index (κ2) is 10.7. The number of benzene rings is 2. The Labute approximate surface area is 166 Å². The number of rotatable bonds is 10. The third-order valence-electron chi connectivity index (χ3n) is 3.82. The number of nitrogens with zero attached hydrogens (tertiary/aromatic N) is 1. The van der Waals surface area contributed by atoms with Gasteiger partial charge in [0.05, 0.1) is 17.1 Å². The lowest BCUT2D eigenvalue weighted by Gasteiger charge is -2.09. The van der Waals surface area contributed by atoms with Crippen molar-refractivity contribution in [1.29, 1.82) is 0 Å². The number of carbonyl (C=O) groups is 2. The molecule has 0 heterocycles. The Morgan fingerprint density at radius 1 is 1.21 bits per heavy atom. The van der Waals surface area contributed by atoms with E-state index in [9.17, 15) is 24.1 Å². The van der Waals surface area contributed by atoms with Crippen molar-refractivity contribution in [1.82, 2.24) is 5.32 Å². The zero-order valence-electron chi connectivity index (χ0n) is 15.6. The molecule has 1 amide bonds. The number of nitrogens with one attached hydrogen (secondary N) is 2. The van der Waals surface area contributed by atoms with Crippen LogP contribution in [-0.2, 0) is 20.8 Å². The largest absolute Gasteiger partial charge is 0.452 e. The van der Waals surface area contributed by atoms with E-state index in [1.54, 1.807) is 6.07 Å². The van der Waals surface area contributed by atoms with Crippen molar-refractivity contribution in [2.45, 2.75) is 6.54 Å². The molecule has 29 heavy (non-hydrogen) atoms. The van der Waals surface area contributed by atoms with Crippen molar-refractivity contribution in [3.8, 4) is 0 Å². The third-order valence-corrected chi connectivity index (χ3v) is 3.82. The van der Waals surface area contributed by atoms with E-state index in [0.29, 0.717) is 18.7 Å². The van der Waals surface area contributed by atoms with Crippen molar-refractivity contribution >= 4 is 23.3 Å². The second-order valence-electron chi connectivity index (χ2n) is 5.85. The molecule has 9 nitrogen and oxygen atoms in total. The van der Waals surface area contributed by atoms with E-state index in [1.165, 1.54) is 37.4 Å². The monoisotopic (exact) mass is 405 g/mol. The number of amides is 1. The minimum Gasteiger partial charge on any atom is -0.452 e. The molecule has 2 rings (SSSR count). The Bertz CT molecular complexity index is 890. The Balaban J connectivity index is 1.92. The number of hydrogen-bond acceptors (Lipinski definition) is 7. The Kier molecular flexibility index (Phi) is 8.04. The quantitative estimate of drug-likeness (QED) is 0.269. The molecule has 0 saturated heterocycles. The summed E-state index contributed by atoms with van der Waals surface area (Å²) in [6, 6.07) is 9.73. The van der Waals surface area contributed by atoms with Crippen LogP contribution in [0.15, 0.2) is 42.5 Å². The van der Waals surface area contributed by atoms with Gasteiger partial charge in [-0.25, -0.2) is 9.18 Å². The maximum atomic E-state index is 13.5. The number of halogens is 1. The van der Waals surface area contributed by atoms with Gasteiger partial charge in [-0.05, 0) is 18.2 Å². The molecule has 0 aliphatic carbocycles. The van der Waals surface area contributed by atoms with Gasteiger partial charge in [0.2, 0.25) is 0 Å². The average Bonchev–Trinajstić information content (AvgIpc) is 2.71. The first-order valence-electron chi connectivity index (χ1n) is 8.61. The second-order valence-corrected chi connectivity index (χ2v) is 5.85. The third kappa shape index (κ3) is 6.54. The van der Waals surface area contributed by atoms with Crippen LogP contribution in [0.3, 0.4) is 0 Å². The van der Waals surface area contributed by atoms with Crippen molar-refractivity contribution in [2.24, 2.45) is 0 Å². The molecule has 10 heteroatoms. The van der Waals surface area contributed by atoms with Gasteiger partial charge in [0.1, 0.15) is 11.5 Å². The summed E-state index contributed by atoms with van der Waals surface area (Å²) in [5.74, 6) is -1.98. The van der Waals surface area contributed by atoms with Crippen molar-refractivity contribution < 1.29 is 28.4 Å². The highest BCUT2D eigenvalue weighted by Gasteiger charge is 2.19. The van der Waals surface area contributed by atoms with E-state index in [1.807, 2.05) is 0 Å². The molecule has 2 aromatic carbocycles. The predicted molar refractivity (Wildman–Crippen MR) is 102 cm³/mol. The van der Waals surface area contributed by atoms with Crippen LogP contribution in [0.25, 0.3) is 0 Å². The Morgan fingerprint density at radius 3 is 2.66 bits per heavy atom. The van der Waals surface area contributed by atoms with Crippen LogP contribution in [-0.4, -0.2) is 43.7 Å². The summed E-state index contributed by atoms with van der Waals surface area (Å²) in [5, 5.41) is 16.5. The van der Waals surface area contributed by atoms with Crippen molar-refractivity contribution in [3.63, 3.8) is 0 Å². The van der Waals surface area contributed by atoms with Gasteiger partial charge in [0.25, 0.3) is 11.6 Å². The van der Waals surface area contributed by atoms with Crippen LogP contribution in [0.4, 0.5) is 15.8 Å². The van der Waals surface area contributed by atoms with Crippen LogP contribution in [0.5, 0.6) is 0 Å². The van der Waals surface area contributed by atoms with Gasteiger partial charge >= 0.3 is 5.97 Å². The molecular formula is C19H20FN3O6. The topological polar surface area (TPSA) is 120 Å². The SMILES string of the molecule is COCCNc1ccc(C(=O)OCC(=O)NCc2ccccc2F)cc1[N+](=O)[O-]. The first kappa shape index (κ1) is 21.8. The number of anilines is 1. The molecule has 2 N–H and O–H groups in total. The number of nitro groups is 1. The van der Waals surface area contributed by atoms with E-state index < -0.39 is 29.2 Å². The standard InChI is InChI=1S/C19H20FN3O6/c1-28-9-8-21-16-7-6-13(10-17(16)23(26)27)19(25)29-12-18(24)22-11-14-4-2-3-5-15(14)20/h2-7,10,21H,8-9,11-12H2,1H3,(H,22,24). The lowest BCUT2D eigenvalue weighted by molar-refractivity contribution is -0.384. The van der Waals surface area contributed by atoms with Gasteiger partial charge in [-0.3, -0.25) is 14.9 Å². The predicted octanol–water partition coefficient (Wildman–Crippen LogP) is 2.27. The molecule has 0 radical (unpaired) electrons. The number of ether oxygens (including phenoxy) is 2. The maximum Gasteiger partial charge on any atom is 0.338 e. The molecule has 0 atom stereocenters. The fraction of sp³-hybridized carbons (Fsp3) is 0.263. The first-order chi connectivity index (χ1) is 13.9. The lowest BCUT2D eigenvalue weighted by Crippen LogP contribution is -2.28. The molecular weight excluding hydrogens is 385 g/mol. The van der Waals surface area contributed by atoms with Crippen LogP contribution in [0.1, 0.15) is 15.9 Å². The zero-order chi connectivity index (χ0) is 21.2. The lowest BCUT2D eigenvalue weighted by atomic mass is 10.1. The van der Waals surface area contributed by atoms with Crippen molar-refractivity contribution in [2.75, 3.05) is 32.2 Å². The maximum absolute atomic E-state index is 13.5. The molecule has 154 valence electrons. The van der Waals surface area contributed by atoms with Gasteiger partial charge in [0.15, 0.2) is 6.61 Å². The average molecular weight is 405 g/mol. The van der Waals surface area contributed by atoms with E-state index in [4.69, 9.17) is 9.47 Å².